The summed E-state index contributed by atoms with van der Waals surface area (Å²) in [5.41, 5.74) is 0. The van der Waals surface area contributed by atoms with E-state index in [-0.39, 0.29) is 0 Å². The molecule has 0 atom stereocenters. The van der Waals surface area contributed by atoms with Crippen molar-refractivity contribution < 1.29 is 5.11 Å². The zero-order valence-corrected chi connectivity index (χ0v) is 3.14. The number of hydrogen-bond donors (Lipinski definition) is 0. The lowest BCUT2D eigenvalue weighted by Crippen LogP contribution is -1.91. The first-order valence-corrected chi connectivity index (χ1v) is 1.39. The molecule has 0 unspecified atom stereocenters. The Balaban J connectivity index is 3.40. The van der Waals surface area contributed by atoms with Crippen molar-refractivity contribution >= 4 is 0 Å². The number of terminal acetylenes is 2. The van der Waals surface area contributed by atoms with Crippen molar-refractivity contribution in [1.82, 2.24) is 0 Å². The molecule has 29 valence electrons. The summed E-state index contributed by atoms with van der Waals surface area (Å²) in [5, 5.41) is 9.79. The van der Waals surface area contributed by atoms with E-state index in [0.29, 0.717) is 0 Å². The minimum Gasteiger partial charge on any atom is -0.205 e. The molecule has 0 amide bonds. The molecule has 0 bridgehead atoms. The van der Waals surface area contributed by atoms with E-state index in [9.17, 15) is 5.11 Å². The van der Waals surface area contributed by atoms with Crippen molar-refractivity contribution in [3.8, 4) is 24.7 Å². The third kappa shape index (κ3) is 1.40. The molecule has 0 spiro atoms. The van der Waals surface area contributed by atoms with Gasteiger partial charge in [0.25, 0.3) is 0 Å². The van der Waals surface area contributed by atoms with Crippen LogP contribution in [-0.2, 0) is 5.11 Å². The van der Waals surface area contributed by atoms with Gasteiger partial charge in [0.05, 0.1) is 0 Å². The Labute approximate surface area is 37.0 Å². The van der Waals surface area contributed by atoms with E-state index in [1.165, 1.54) is 0 Å². The Kier molecular flexibility index (Phi) is 1.97. The SMILES string of the molecule is C#CC([O])C#C. The van der Waals surface area contributed by atoms with Crippen LogP contribution in [0.5, 0.6) is 0 Å². The summed E-state index contributed by atoms with van der Waals surface area (Å²) < 4.78 is 0. The van der Waals surface area contributed by atoms with Gasteiger partial charge in [0.15, 0.2) is 0 Å². The van der Waals surface area contributed by atoms with Gasteiger partial charge in [0, 0.05) is 0 Å². The summed E-state index contributed by atoms with van der Waals surface area (Å²) in [5.74, 6) is 3.65. The molecule has 1 heteroatoms. The summed E-state index contributed by atoms with van der Waals surface area (Å²) in [7, 11) is 0. The minimum absolute atomic E-state index is 1.26. The van der Waals surface area contributed by atoms with Crippen molar-refractivity contribution in [2.24, 2.45) is 0 Å². The van der Waals surface area contributed by atoms with Crippen molar-refractivity contribution in [3.63, 3.8) is 0 Å². The Morgan fingerprint density at radius 1 is 1.33 bits per heavy atom. The van der Waals surface area contributed by atoms with Gasteiger partial charge in [-0.25, -0.2) is 5.11 Å². The van der Waals surface area contributed by atoms with E-state index < -0.39 is 6.10 Å². The van der Waals surface area contributed by atoms with Crippen LogP contribution in [0, 0.1) is 24.7 Å². The van der Waals surface area contributed by atoms with E-state index in [0.717, 1.165) is 0 Å². The van der Waals surface area contributed by atoms with E-state index in [4.69, 9.17) is 0 Å². The van der Waals surface area contributed by atoms with Gasteiger partial charge in [0.2, 0.25) is 6.10 Å². The molecular formula is C5H3O. The van der Waals surface area contributed by atoms with E-state index >= 15 is 0 Å². The Morgan fingerprint density at radius 2 is 1.67 bits per heavy atom. The average Bonchev–Trinajstić information content (AvgIpc) is 1.65. The van der Waals surface area contributed by atoms with Crippen LogP contribution in [0.15, 0.2) is 0 Å². The first-order chi connectivity index (χ1) is 2.81. The van der Waals surface area contributed by atoms with Crippen molar-refractivity contribution in [3.05, 3.63) is 0 Å². The summed E-state index contributed by atoms with van der Waals surface area (Å²) in [6.45, 7) is 0. The third-order valence-electron chi connectivity index (χ3n) is 0.303. The molecule has 1 nitrogen and oxygen atoms in total. The van der Waals surface area contributed by atoms with Gasteiger partial charge < -0.3 is 0 Å². The van der Waals surface area contributed by atoms with Gasteiger partial charge >= 0.3 is 0 Å². The summed E-state index contributed by atoms with van der Waals surface area (Å²) in [4.78, 5) is 0. The molecule has 0 aliphatic rings. The molecule has 0 saturated carbocycles. The first kappa shape index (κ1) is 5.08. The fraction of sp³-hybridized carbons (Fsp3) is 0.200. The standard InChI is InChI=1S/C5H3O/c1-3-5(6)4-2/h1-2,5H. The highest BCUT2D eigenvalue weighted by molar-refractivity contribution is 5.10. The molecule has 0 fully saturated rings. The highest BCUT2D eigenvalue weighted by atomic mass is 16.3. The van der Waals surface area contributed by atoms with Crippen LogP contribution in [0.25, 0.3) is 0 Å². The predicted octanol–water partition coefficient (Wildman–Crippen LogP) is 0.0519. The zero-order valence-electron chi connectivity index (χ0n) is 3.14. The van der Waals surface area contributed by atoms with E-state index in [1.807, 2.05) is 11.8 Å². The lowest BCUT2D eigenvalue weighted by molar-refractivity contribution is 0.185. The van der Waals surface area contributed by atoms with Gasteiger partial charge in [-0.15, -0.1) is 12.8 Å². The molecule has 0 N–H and O–H groups in total. The monoisotopic (exact) mass is 79.0 g/mol. The molecule has 0 aromatic heterocycles. The van der Waals surface area contributed by atoms with Gasteiger partial charge in [0.1, 0.15) is 0 Å². The molecule has 0 aromatic carbocycles. The van der Waals surface area contributed by atoms with E-state index in [1.54, 1.807) is 0 Å². The molecule has 0 aliphatic heterocycles. The Bertz CT molecular complexity index is 88.1. The molecule has 1 radical (unpaired) electrons. The van der Waals surface area contributed by atoms with Crippen LogP contribution in [0.3, 0.4) is 0 Å². The maximum atomic E-state index is 9.79. The fourth-order valence-corrected chi connectivity index (χ4v) is 0.0481. The molecule has 0 aliphatic carbocycles. The predicted molar refractivity (Wildman–Crippen MR) is 22.1 cm³/mol. The van der Waals surface area contributed by atoms with Gasteiger partial charge in [-0.1, -0.05) is 11.8 Å². The maximum absolute atomic E-state index is 9.79. The Hall–Kier alpha value is -0.920. The summed E-state index contributed by atoms with van der Waals surface area (Å²) in [6.07, 6.45) is 7.90. The van der Waals surface area contributed by atoms with Crippen molar-refractivity contribution in [2.45, 2.75) is 6.10 Å². The zero-order chi connectivity index (χ0) is 4.99. The molecule has 6 heavy (non-hydrogen) atoms. The fourth-order valence-electron chi connectivity index (χ4n) is 0.0481. The quantitative estimate of drug-likeness (QED) is 0.366. The average molecular weight is 79.1 g/mol. The van der Waals surface area contributed by atoms with Gasteiger partial charge in [-0.05, 0) is 0 Å². The number of hydrogen-bond acceptors (Lipinski definition) is 0. The van der Waals surface area contributed by atoms with Crippen LogP contribution in [-0.4, -0.2) is 6.10 Å². The second-order valence-electron chi connectivity index (χ2n) is 0.713. The van der Waals surface area contributed by atoms with Crippen LogP contribution in [0.4, 0.5) is 0 Å². The smallest absolute Gasteiger partial charge is 0.205 e. The highest BCUT2D eigenvalue weighted by Gasteiger charge is 1.85. The normalized spacial score (nSPS) is 6.67. The van der Waals surface area contributed by atoms with Gasteiger partial charge in [-0.2, -0.15) is 0 Å². The maximum Gasteiger partial charge on any atom is 0.213 e. The van der Waals surface area contributed by atoms with Gasteiger partial charge in [-0.3, -0.25) is 0 Å². The lowest BCUT2D eigenvalue weighted by atomic mass is 10.4. The van der Waals surface area contributed by atoms with Crippen molar-refractivity contribution in [1.29, 1.82) is 0 Å². The molecule has 0 aromatic rings. The van der Waals surface area contributed by atoms with E-state index in [2.05, 4.69) is 12.8 Å². The lowest BCUT2D eigenvalue weighted by Gasteiger charge is -1.76. The van der Waals surface area contributed by atoms with Crippen LogP contribution < -0.4 is 0 Å². The van der Waals surface area contributed by atoms with Crippen LogP contribution >= 0.6 is 0 Å². The topological polar surface area (TPSA) is 19.9 Å². The van der Waals surface area contributed by atoms with Crippen LogP contribution in [0.1, 0.15) is 0 Å². The Morgan fingerprint density at radius 3 is 1.67 bits per heavy atom. The third-order valence-corrected chi connectivity index (χ3v) is 0.303. The largest absolute Gasteiger partial charge is 0.213 e. The minimum atomic E-state index is -1.26. The molecule has 0 saturated heterocycles. The second-order valence-corrected chi connectivity index (χ2v) is 0.713. The molecular weight excluding hydrogens is 76.1 g/mol. The second kappa shape index (κ2) is 2.33. The molecule has 0 heterocycles. The highest BCUT2D eigenvalue weighted by Crippen LogP contribution is 1.69. The number of rotatable bonds is 0. The molecule has 0 rings (SSSR count). The first-order valence-electron chi connectivity index (χ1n) is 1.39. The summed E-state index contributed by atoms with van der Waals surface area (Å²) in [6, 6.07) is 0. The summed E-state index contributed by atoms with van der Waals surface area (Å²) >= 11 is 0. The van der Waals surface area contributed by atoms with Crippen LogP contribution in [0.2, 0.25) is 0 Å². The van der Waals surface area contributed by atoms with Crippen molar-refractivity contribution in [2.75, 3.05) is 0 Å².